The van der Waals surface area contributed by atoms with Crippen LogP contribution in [0.15, 0.2) is 0 Å². The Morgan fingerprint density at radius 1 is 1.47 bits per heavy atom. The van der Waals surface area contributed by atoms with Gasteiger partial charge in [0, 0.05) is 25.7 Å². The molecule has 0 saturated carbocycles. The normalized spacial score (nSPS) is 14.4. The van der Waals surface area contributed by atoms with E-state index in [4.69, 9.17) is 10.5 Å². The number of amides is 1. The molecule has 1 unspecified atom stereocenters. The van der Waals surface area contributed by atoms with Crippen LogP contribution < -0.4 is 15.8 Å². The van der Waals surface area contributed by atoms with Crippen molar-refractivity contribution in [1.82, 2.24) is 10.0 Å². The maximum Gasteiger partial charge on any atom is 0.250 e. The first-order chi connectivity index (χ1) is 7.61. The summed E-state index contributed by atoms with van der Waals surface area (Å²) in [5, 5.41) is 2.58. The van der Waals surface area contributed by atoms with Crippen molar-refractivity contribution in [2.24, 2.45) is 5.73 Å². The summed E-state index contributed by atoms with van der Waals surface area (Å²) in [6.45, 7) is 3.55. The van der Waals surface area contributed by atoms with E-state index in [-0.39, 0.29) is 19.0 Å². The highest BCUT2D eigenvalue weighted by Gasteiger charge is 2.24. The molecule has 0 saturated heterocycles. The third-order valence-electron chi connectivity index (χ3n) is 1.96. The Balaban J connectivity index is 4.32. The second kappa shape index (κ2) is 6.29. The summed E-state index contributed by atoms with van der Waals surface area (Å²) in [5.74, 6) is -0.363. The highest BCUT2D eigenvalue weighted by atomic mass is 32.2. The zero-order valence-electron chi connectivity index (χ0n) is 10.6. The average Bonchev–Trinajstić information content (AvgIpc) is 2.13. The van der Waals surface area contributed by atoms with E-state index in [9.17, 15) is 13.2 Å². The average molecular weight is 267 g/mol. The first-order valence-corrected chi connectivity index (χ1v) is 7.00. The van der Waals surface area contributed by atoms with E-state index in [0.717, 1.165) is 6.26 Å². The standard InChI is InChI=1S/C9H21N3O4S/c1-9(2,12-17(4,14)15)6-11-8(13)7(5-10)16-3/h7,12H,5-6,10H2,1-4H3,(H,11,13). The molecule has 1 amide bonds. The van der Waals surface area contributed by atoms with Crippen molar-refractivity contribution in [3.05, 3.63) is 0 Å². The second-order valence-electron chi connectivity index (χ2n) is 4.44. The number of hydrogen-bond acceptors (Lipinski definition) is 5. The Hall–Kier alpha value is -0.700. The third-order valence-corrected chi connectivity index (χ3v) is 2.88. The van der Waals surface area contributed by atoms with Gasteiger partial charge in [-0.1, -0.05) is 0 Å². The van der Waals surface area contributed by atoms with Crippen molar-refractivity contribution in [2.75, 3.05) is 26.5 Å². The Morgan fingerprint density at radius 3 is 2.35 bits per heavy atom. The summed E-state index contributed by atoms with van der Waals surface area (Å²) in [6.07, 6.45) is 0.345. The highest BCUT2D eigenvalue weighted by Crippen LogP contribution is 2.02. The van der Waals surface area contributed by atoms with Crippen LogP contribution in [0, 0.1) is 0 Å². The minimum atomic E-state index is -3.32. The summed E-state index contributed by atoms with van der Waals surface area (Å²) < 4.78 is 29.4. The smallest absolute Gasteiger partial charge is 0.250 e. The van der Waals surface area contributed by atoms with E-state index in [1.54, 1.807) is 13.8 Å². The number of sulfonamides is 1. The summed E-state index contributed by atoms with van der Waals surface area (Å²) in [4.78, 5) is 11.5. The Bertz CT molecular complexity index is 349. The lowest BCUT2D eigenvalue weighted by Gasteiger charge is -2.26. The first kappa shape index (κ1) is 16.3. The fourth-order valence-corrected chi connectivity index (χ4v) is 2.35. The summed E-state index contributed by atoms with van der Waals surface area (Å²) >= 11 is 0. The van der Waals surface area contributed by atoms with Gasteiger partial charge in [-0.25, -0.2) is 13.1 Å². The van der Waals surface area contributed by atoms with Crippen LogP contribution in [0.1, 0.15) is 13.8 Å². The van der Waals surface area contributed by atoms with E-state index in [2.05, 4.69) is 10.0 Å². The van der Waals surface area contributed by atoms with Crippen LogP contribution in [-0.4, -0.2) is 52.4 Å². The topological polar surface area (TPSA) is 111 Å². The molecule has 0 aromatic heterocycles. The van der Waals surface area contributed by atoms with Crippen molar-refractivity contribution in [3.8, 4) is 0 Å². The van der Waals surface area contributed by atoms with Gasteiger partial charge in [-0.15, -0.1) is 0 Å². The molecule has 0 heterocycles. The van der Waals surface area contributed by atoms with Gasteiger partial charge in [-0.3, -0.25) is 4.79 Å². The van der Waals surface area contributed by atoms with Gasteiger partial charge in [0.25, 0.3) is 5.91 Å². The van der Waals surface area contributed by atoms with E-state index in [1.807, 2.05) is 0 Å². The largest absolute Gasteiger partial charge is 0.370 e. The first-order valence-electron chi connectivity index (χ1n) is 5.11. The minimum absolute atomic E-state index is 0.0717. The lowest BCUT2D eigenvalue weighted by molar-refractivity contribution is -0.130. The molecule has 1 atom stereocenters. The lowest BCUT2D eigenvalue weighted by Crippen LogP contribution is -2.53. The zero-order chi connectivity index (χ0) is 13.7. The van der Waals surface area contributed by atoms with Gasteiger partial charge in [0.1, 0.15) is 6.10 Å². The van der Waals surface area contributed by atoms with E-state index in [0.29, 0.717) is 0 Å². The molecule has 0 aliphatic rings. The number of ether oxygens (including phenoxy) is 1. The number of nitrogens with one attached hydrogen (secondary N) is 2. The number of methoxy groups -OCH3 is 1. The third kappa shape index (κ3) is 7.27. The van der Waals surface area contributed by atoms with E-state index >= 15 is 0 Å². The van der Waals surface area contributed by atoms with Crippen LogP contribution in [0.4, 0.5) is 0 Å². The van der Waals surface area contributed by atoms with E-state index < -0.39 is 21.7 Å². The molecule has 17 heavy (non-hydrogen) atoms. The Kier molecular flexibility index (Phi) is 6.03. The molecule has 0 fully saturated rings. The quantitative estimate of drug-likeness (QED) is 0.515. The molecular weight excluding hydrogens is 246 g/mol. The molecule has 4 N–H and O–H groups in total. The number of rotatable bonds is 7. The molecule has 0 bridgehead atoms. The molecule has 0 aliphatic carbocycles. The van der Waals surface area contributed by atoms with Gasteiger partial charge in [-0.05, 0) is 13.8 Å². The van der Waals surface area contributed by atoms with Gasteiger partial charge in [0.2, 0.25) is 10.0 Å². The van der Waals surface area contributed by atoms with Crippen LogP contribution in [-0.2, 0) is 19.6 Å². The van der Waals surface area contributed by atoms with E-state index in [1.165, 1.54) is 7.11 Å². The molecule has 0 spiro atoms. The van der Waals surface area contributed by atoms with Gasteiger partial charge in [0.05, 0.1) is 6.26 Å². The number of carbonyl (C=O) groups is 1. The molecule has 0 aromatic carbocycles. The molecule has 102 valence electrons. The van der Waals surface area contributed by atoms with Gasteiger partial charge >= 0.3 is 0 Å². The number of carbonyl (C=O) groups excluding carboxylic acids is 1. The van der Waals surface area contributed by atoms with Gasteiger partial charge < -0.3 is 15.8 Å². The molecule has 0 rings (SSSR count). The predicted molar refractivity (Wildman–Crippen MR) is 64.9 cm³/mol. The van der Waals surface area contributed by atoms with Gasteiger partial charge in [0.15, 0.2) is 0 Å². The van der Waals surface area contributed by atoms with Crippen molar-refractivity contribution in [3.63, 3.8) is 0 Å². The highest BCUT2D eigenvalue weighted by molar-refractivity contribution is 7.88. The second-order valence-corrected chi connectivity index (χ2v) is 6.18. The maximum absolute atomic E-state index is 11.5. The van der Waals surface area contributed by atoms with Crippen molar-refractivity contribution < 1.29 is 17.9 Å². The zero-order valence-corrected chi connectivity index (χ0v) is 11.4. The number of nitrogens with two attached hydrogens (primary N) is 1. The Labute approximate surface area is 102 Å². The van der Waals surface area contributed by atoms with Gasteiger partial charge in [-0.2, -0.15) is 0 Å². The Morgan fingerprint density at radius 2 is 2.00 bits per heavy atom. The molecule has 7 nitrogen and oxygen atoms in total. The molecular formula is C9H21N3O4S. The summed E-state index contributed by atoms with van der Waals surface area (Å²) in [5.41, 5.74) is 4.56. The maximum atomic E-state index is 11.5. The molecule has 8 heteroatoms. The molecule has 0 radical (unpaired) electrons. The van der Waals surface area contributed by atoms with Crippen molar-refractivity contribution >= 4 is 15.9 Å². The lowest BCUT2D eigenvalue weighted by atomic mass is 10.1. The van der Waals surface area contributed by atoms with Crippen LogP contribution in [0.5, 0.6) is 0 Å². The van der Waals surface area contributed by atoms with Crippen LogP contribution in [0.3, 0.4) is 0 Å². The molecule has 0 aromatic rings. The predicted octanol–water partition coefficient (Wildman–Crippen LogP) is -1.60. The molecule has 0 aliphatic heterocycles. The van der Waals surface area contributed by atoms with Crippen LogP contribution in [0.2, 0.25) is 0 Å². The van der Waals surface area contributed by atoms with Crippen molar-refractivity contribution in [1.29, 1.82) is 0 Å². The van der Waals surface area contributed by atoms with Crippen molar-refractivity contribution in [2.45, 2.75) is 25.5 Å². The fourth-order valence-electron chi connectivity index (χ4n) is 1.27. The monoisotopic (exact) mass is 267 g/mol. The van der Waals surface area contributed by atoms with Crippen LogP contribution >= 0.6 is 0 Å². The van der Waals surface area contributed by atoms with Crippen LogP contribution in [0.25, 0.3) is 0 Å². The minimum Gasteiger partial charge on any atom is -0.370 e. The number of hydrogen-bond donors (Lipinski definition) is 3. The summed E-state index contributed by atoms with van der Waals surface area (Å²) in [7, 11) is -1.93. The summed E-state index contributed by atoms with van der Waals surface area (Å²) in [6, 6.07) is 0. The fraction of sp³-hybridized carbons (Fsp3) is 0.889. The SMILES string of the molecule is COC(CN)C(=O)NCC(C)(C)NS(C)(=O)=O.